The summed E-state index contributed by atoms with van der Waals surface area (Å²) >= 11 is 0. The van der Waals surface area contributed by atoms with Gasteiger partial charge in [-0.2, -0.15) is 0 Å². The summed E-state index contributed by atoms with van der Waals surface area (Å²) in [5, 5.41) is 2.95. The van der Waals surface area contributed by atoms with Crippen molar-refractivity contribution < 1.29 is 13.2 Å². The molecule has 1 aliphatic heterocycles. The van der Waals surface area contributed by atoms with E-state index in [4.69, 9.17) is 0 Å². The summed E-state index contributed by atoms with van der Waals surface area (Å²) in [5.41, 5.74) is 4.98. The first-order chi connectivity index (χ1) is 12.2. The fourth-order valence-corrected chi connectivity index (χ4v) is 4.75. The quantitative estimate of drug-likeness (QED) is 0.891. The molecule has 5 nitrogen and oxygen atoms in total. The first kappa shape index (κ1) is 18.5. The fourth-order valence-electron chi connectivity index (χ4n) is 3.37. The van der Waals surface area contributed by atoms with E-state index in [1.165, 1.54) is 4.31 Å². The highest BCUT2D eigenvalue weighted by Crippen LogP contribution is 2.35. The van der Waals surface area contributed by atoms with Gasteiger partial charge in [-0.3, -0.25) is 9.10 Å². The Bertz CT molecular complexity index is 967. The average Bonchev–Trinajstić information content (AvgIpc) is 2.93. The van der Waals surface area contributed by atoms with Crippen LogP contribution in [0.25, 0.3) is 0 Å². The van der Waals surface area contributed by atoms with E-state index in [0.29, 0.717) is 17.7 Å². The number of hydrogen-bond donors (Lipinski definition) is 1. The van der Waals surface area contributed by atoms with Crippen LogP contribution in [0.3, 0.4) is 0 Å². The van der Waals surface area contributed by atoms with Crippen molar-refractivity contribution in [2.45, 2.75) is 40.2 Å². The van der Waals surface area contributed by atoms with Gasteiger partial charge in [-0.1, -0.05) is 12.1 Å². The highest BCUT2D eigenvalue weighted by molar-refractivity contribution is 7.92. The SMILES string of the molecule is CCS(=O)(=O)N1c2ccc(C(=O)Nc3cc(C)ccc3C)cc2C[C@@H]1C. The zero-order chi connectivity index (χ0) is 19.1. The normalized spacial score (nSPS) is 16.5. The Morgan fingerprint density at radius 2 is 1.92 bits per heavy atom. The summed E-state index contributed by atoms with van der Waals surface area (Å²) in [5.74, 6) is -0.128. The zero-order valence-corrected chi connectivity index (χ0v) is 16.4. The van der Waals surface area contributed by atoms with Gasteiger partial charge in [-0.15, -0.1) is 0 Å². The summed E-state index contributed by atoms with van der Waals surface area (Å²) < 4.78 is 26.2. The van der Waals surface area contributed by atoms with Crippen LogP contribution < -0.4 is 9.62 Å². The zero-order valence-electron chi connectivity index (χ0n) is 15.5. The van der Waals surface area contributed by atoms with Crippen molar-refractivity contribution >= 4 is 27.3 Å². The summed E-state index contributed by atoms with van der Waals surface area (Å²) in [6, 6.07) is 11.0. The van der Waals surface area contributed by atoms with E-state index in [0.717, 1.165) is 22.4 Å². The molecule has 0 aliphatic carbocycles. The number of carbonyl (C=O) groups is 1. The number of nitrogens with zero attached hydrogens (tertiary/aromatic N) is 1. The van der Waals surface area contributed by atoms with Crippen LogP contribution in [0, 0.1) is 13.8 Å². The number of hydrogen-bond acceptors (Lipinski definition) is 3. The molecule has 26 heavy (non-hydrogen) atoms. The monoisotopic (exact) mass is 372 g/mol. The minimum Gasteiger partial charge on any atom is -0.322 e. The maximum absolute atomic E-state index is 12.7. The maximum atomic E-state index is 12.7. The van der Waals surface area contributed by atoms with Gasteiger partial charge in [0.15, 0.2) is 0 Å². The molecular formula is C20H24N2O3S. The van der Waals surface area contributed by atoms with Gasteiger partial charge < -0.3 is 5.32 Å². The Morgan fingerprint density at radius 3 is 2.62 bits per heavy atom. The van der Waals surface area contributed by atoms with Gasteiger partial charge in [0.1, 0.15) is 0 Å². The molecule has 2 aromatic rings. The fraction of sp³-hybridized carbons (Fsp3) is 0.350. The van der Waals surface area contributed by atoms with Gasteiger partial charge in [0.05, 0.1) is 11.4 Å². The molecule has 0 saturated carbocycles. The van der Waals surface area contributed by atoms with Gasteiger partial charge in [-0.25, -0.2) is 8.42 Å². The van der Waals surface area contributed by atoms with Crippen LogP contribution in [0.4, 0.5) is 11.4 Å². The number of rotatable bonds is 4. The van der Waals surface area contributed by atoms with Gasteiger partial charge in [0.25, 0.3) is 5.91 Å². The molecule has 1 aliphatic rings. The third kappa shape index (κ3) is 3.33. The third-order valence-corrected chi connectivity index (χ3v) is 6.69. The minimum atomic E-state index is -3.32. The lowest BCUT2D eigenvalue weighted by Gasteiger charge is -2.23. The molecule has 138 valence electrons. The standard InChI is InChI=1S/C20H24N2O3S/c1-5-26(24,25)22-15(4)11-17-12-16(8-9-19(17)22)20(23)21-18-10-13(2)6-7-14(18)3/h6-10,12,15H,5,11H2,1-4H3,(H,21,23)/t15-/m0/s1. The predicted molar refractivity (Wildman–Crippen MR) is 105 cm³/mol. The van der Waals surface area contributed by atoms with Crippen LogP contribution in [0.1, 0.15) is 40.9 Å². The molecule has 0 spiro atoms. The molecule has 0 saturated heterocycles. The van der Waals surface area contributed by atoms with E-state index < -0.39 is 10.0 Å². The number of fused-ring (bicyclic) bond motifs is 1. The Labute approximate surface area is 155 Å². The smallest absolute Gasteiger partial charge is 0.255 e. The van der Waals surface area contributed by atoms with Crippen molar-refractivity contribution in [3.05, 3.63) is 58.7 Å². The number of nitrogens with one attached hydrogen (secondary N) is 1. The van der Waals surface area contributed by atoms with Crippen molar-refractivity contribution in [2.24, 2.45) is 0 Å². The van der Waals surface area contributed by atoms with Crippen LogP contribution in [-0.2, 0) is 16.4 Å². The van der Waals surface area contributed by atoms with E-state index in [1.807, 2.05) is 39.0 Å². The molecule has 3 rings (SSSR count). The third-order valence-electron chi connectivity index (χ3n) is 4.80. The largest absolute Gasteiger partial charge is 0.322 e. The number of amides is 1. The second-order valence-corrected chi connectivity index (χ2v) is 9.00. The van der Waals surface area contributed by atoms with E-state index in [2.05, 4.69) is 5.32 Å². The van der Waals surface area contributed by atoms with Crippen molar-refractivity contribution in [1.29, 1.82) is 0 Å². The molecular weight excluding hydrogens is 348 g/mol. The van der Waals surface area contributed by atoms with Crippen molar-refractivity contribution in [2.75, 3.05) is 15.4 Å². The first-order valence-electron chi connectivity index (χ1n) is 8.76. The van der Waals surface area contributed by atoms with E-state index >= 15 is 0 Å². The molecule has 1 heterocycles. The molecule has 2 aromatic carbocycles. The van der Waals surface area contributed by atoms with Gasteiger partial charge in [-0.05, 0) is 75.1 Å². The highest BCUT2D eigenvalue weighted by Gasteiger charge is 2.34. The predicted octanol–water partition coefficient (Wildman–Crippen LogP) is 3.66. The molecule has 0 bridgehead atoms. The topological polar surface area (TPSA) is 66.5 Å². The number of aryl methyl sites for hydroxylation is 2. The molecule has 6 heteroatoms. The molecule has 0 fully saturated rings. The van der Waals surface area contributed by atoms with E-state index in [1.54, 1.807) is 25.1 Å². The van der Waals surface area contributed by atoms with E-state index in [-0.39, 0.29) is 17.7 Å². The van der Waals surface area contributed by atoms with Crippen LogP contribution in [0.2, 0.25) is 0 Å². The lowest BCUT2D eigenvalue weighted by atomic mass is 10.1. The molecule has 1 N–H and O–H groups in total. The van der Waals surface area contributed by atoms with Crippen LogP contribution in [0.5, 0.6) is 0 Å². The average molecular weight is 372 g/mol. The number of anilines is 2. The summed E-state index contributed by atoms with van der Waals surface area (Å²) in [4.78, 5) is 12.7. The Hall–Kier alpha value is -2.34. The first-order valence-corrected chi connectivity index (χ1v) is 10.4. The Kier molecular flexibility index (Phi) is 4.80. The Balaban J connectivity index is 1.89. The molecule has 1 atom stereocenters. The van der Waals surface area contributed by atoms with Crippen LogP contribution >= 0.6 is 0 Å². The summed E-state index contributed by atoms with van der Waals surface area (Å²) in [6.07, 6.45) is 0.610. The van der Waals surface area contributed by atoms with Crippen molar-refractivity contribution in [3.8, 4) is 0 Å². The lowest BCUT2D eigenvalue weighted by molar-refractivity contribution is 0.102. The van der Waals surface area contributed by atoms with Gasteiger partial charge >= 0.3 is 0 Å². The number of benzene rings is 2. The second-order valence-electron chi connectivity index (χ2n) is 6.87. The van der Waals surface area contributed by atoms with Crippen molar-refractivity contribution in [3.63, 3.8) is 0 Å². The summed E-state index contributed by atoms with van der Waals surface area (Å²) in [6.45, 7) is 7.47. The second kappa shape index (κ2) is 6.76. The van der Waals surface area contributed by atoms with Crippen molar-refractivity contribution in [1.82, 2.24) is 0 Å². The summed E-state index contributed by atoms with van der Waals surface area (Å²) in [7, 11) is -3.32. The van der Waals surface area contributed by atoms with Gasteiger partial charge in [0.2, 0.25) is 10.0 Å². The van der Waals surface area contributed by atoms with Gasteiger partial charge in [0, 0.05) is 17.3 Å². The highest BCUT2D eigenvalue weighted by atomic mass is 32.2. The van der Waals surface area contributed by atoms with Crippen LogP contribution in [-0.4, -0.2) is 26.1 Å². The van der Waals surface area contributed by atoms with E-state index in [9.17, 15) is 13.2 Å². The number of sulfonamides is 1. The molecule has 0 radical (unpaired) electrons. The minimum absolute atomic E-state index is 0.0612. The van der Waals surface area contributed by atoms with Crippen LogP contribution in [0.15, 0.2) is 36.4 Å². The molecule has 0 aromatic heterocycles. The lowest BCUT2D eigenvalue weighted by Crippen LogP contribution is -2.36. The number of carbonyl (C=O) groups excluding carboxylic acids is 1. The molecule has 1 amide bonds. The Morgan fingerprint density at radius 1 is 1.19 bits per heavy atom. The molecule has 0 unspecified atom stereocenters. The maximum Gasteiger partial charge on any atom is 0.255 e.